The number of nitrogens with zero attached hydrogens (tertiary/aromatic N) is 1. The first-order valence-electron chi connectivity index (χ1n) is 8.08. The molecule has 1 unspecified atom stereocenters. The number of hydrogen-bond acceptors (Lipinski definition) is 4. The summed E-state index contributed by atoms with van der Waals surface area (Å²) in [5, 5.41) is -0.435. The molecule has 0 radical (unpaired) electrons. The average molecular weight is 367 g/mol. The van der Waals surface area contributed by atoms with Gasteiger partial charge in [0.05, 0.1) is 29.7 Å². The number of fused-ring (bicyclic) bond motifs is 1. The lowest BCUT2D eigenvalue weighted by molar-refractivity contribution is 0.103. The zero-order valence-corrected chi connectivity index (χ0v) is 13.9. The van der Waals surface area contributed by atoms with Crippen LogP contribution in [0.25, 0.3) is 10.9 Å². The van der Waals surface area contributed by atoms with Crippen molar-refractivity contribution in [2.75, 3.05) is 6.61 Å². The number of pyridine rings is 1. The fourth-order valence-corrected chi connectivity index (χ4v) is 2.91. The van der Waals surface area contributed by atoms with Crippen molar-refractivity contribution in [3.8, 4) is 5.75 Å². The quantitative estimate of drug-likeness (QED) is 0.454. The van der Waals surface area contributed by atoms with Gasteiger partial charge in [-0.25, -0.2) is 18.0 Å². The predicted octanol–water partition coefficient (Wildman–Crippen LogP) is 4.09. The first-order valence-corrected chi connectivity index (χ1v) is 8.08. The Kier molecular flexibility index (Phi) is 4.76. The minimum atomic E-state index is -1.68. The van der Waals surface area contributed by atoms with E-state index in [1.54, 1.807) is 6.92 Å². The molecule has 2 aromatic rings. The molecule has 0 amide bonds. The zero-order chi connectivity index (χ0) is 19.0. The van der Waals surface area contributed by atoms with E-state index < -0.39 is 51.7 Å². The van der Waals surface area contributed by atoms with Crippen LogP contribution in [-0.4, -0.2) is 17.3 Å². The molecule has 0 saturated heterocycles. The van der Waals surface area contributed by atoms with E-state index in [1.807, 2.05) is 0 Å². The van der Waals surface area contributed by atoms with E-state index in [1.165, 1.54) is 10.6 Å². The molecule has 1 heterocycles. The van der Waals surface area contributed by atoms with Crippen LogP contribution >= 0.6 is 0 Å². The molecule has 0 spiro atoms. The molecule has 1 saturated carbocycles. The minimum Gasteiger partial charge on any atom is -0.434 e. The Balaban J connectivity index is 2.29. The van der Waals surface area contributed by atoms with Crippen molar-refractivity contribution in [1.82, 2.24) is 4.57 Å². The molecule has 5 nitrogen and oxygen atoms in total. The zero-order valence-electron chi connectivity index (χ0n) is 13.9. The molecule has 1 aromatic carbocycles. The van der Waals surface area contributed by atoms with E-state index in [0.717, 1.165) is 19.0 Å². The number of rotatable bonds is 5. The van der Waals surface area contributed by atoms with Crippen molar-refractivity contribution in [1.29, 1.82) is 0 Å². The second-order valence-electron chi connectivity index (χ2n) is 5.96. The molecule has 0 N–H and O–H groups in total. The molecule has 0 aliphatic heterocycles. The first-order chi connectivity index (χ1) is 12.4. The van der Waals surface area contributed by atoms with Gasteiger partial charge in [-0.2, -0.15) is 0 Å². The maximum Gasteiger partial charge on any atom is 0.514 e. The Labute approximate surface area is 146 Å². The van der Waals surface area contributed by atoms with Crippen LogP contribution in [-0.2, 0) is 4.74 Å². The number of benzene rings is 1. The standard InChI is InChI=1S/C18H16F3NO4/c1-3-12(9-5-6-9)22-8-13(26-18(24)25-4-2)17(23)10-7-11(19)14(20)15(21)16(10)22/h3,7-9,12H,1,4-6H2,2H3. The SMILES string of the molecule is C=CC(C1CC1)n1cc(OC(=O)OCC)c(=O)c2cc(F)c(F)c(F)c21. The smallest absolute Gasteiger partial charge is 0.434 e. The van der Waals surface area contributed by atoms with Crippen LogP contribution in [0.3, 0.4) is 0 Å². The van der Waals surface area contributed by atoms with E-state index in [0.29, 0.717) is 6.07 Å². The normalized spacial score (nSPS) is 14.9. The molecule has 1 fully saturated rings. The fraction of sp³-hybridized carbons (Fsp3) is 0.333. The second kappa shape index (κ2) is 6.86. The van der Waals surface area contributed by atoms with Gasteiger partial charge in [0.1, 0.15) is 0 Å². The summed E-state index contributed by atoms with van der Waals surface area (Å²) in [4.78, 5) is 24.1. The molecule has 0 bridgehead atoms. The van der Waals surface area contributed by atoms with E-state index in [9.17, 15) is 22.8 Å². The van der Waals surface area contributed by atoms with Crippen LogP contribution in [0.2, 0.25) is 0 Å². The molecular weight excluding hydrogens is 351 g/mol. The monoisotopic (exact) mass is 367 g/mol. The van der Waals surface area contributed by atoms with Gasteiger partial charge in [-0.05, 0) is 31.7 Å². The molecule has 8 heteroatoms. The lowest BCUT2D eigenvalue weighted by Gasteiger charge is -2.21. The summed E-state index contributed by atoms with van der Waals surface area (Å²) < 4.78 is 52.7. The van der Waals surface area contributed by atoms with Gasteiger partial charge in [-0.3, -0.25) is 4.79 Å². The van der Waals surface area contributed by atoms with Gasteiger partial charge in [-0.15, -0.1) is 6.58 Å². The van der Waals surface area contributed by atoms with E-state index in [4.69, 9.17) is 4.74 Å². The summed E-state index contributed by atoms with van der Waals surface area (Å²) >= 11 is 0. The molecular formula is C18H16F3NO4. The van der Waals surface area contributed by atoms with Crippen molar-refractivity contribution in [2.45, 2.75) is 25.8 Å². The topological polar surface area (TPSA) is 57.5 Å². The van der Waals surface area contributed by atoms with Crippen LogP contribution in [0.15, 0.2) is 29.7 Å². The van der Waals surface area contributed by atoms with Gasteiger partial charge in [0, 0.05) is 0 Å². The van der Waals surface area contributed by atoms with Crippen LogP contribution in [0, 0.1) is 23.4 Å². The van der Waals surface area contributed by atoms with Crippen molar-refractivity contribution in [3.63, 3.8) is 0 Å². The van der Waals surface area contributed by atoms with Crippen molar-refractivity contribution >= 4 is 17.1 Å². The molecule has 1 aromatic heterocycles. The molecule has 1 atom stereocenters. The lowest BCUT2D eigenvalue weighted by atomic mass is 10.1. The highest BCUT2D eigenvalue weighted by atomic mass is 19.2. The molecule has 3 rings (SSSR count). The Hall–Kier alpha value is -2.77. The number of ether oxygens (including phenoxy) is 2. The number of aromatic nitrogens is 1. The summed E-state index contributed by atoms with van der Waals surface area (Å²) in [6.07, 6.45) is 3.18. The number of carbonyl (C=O) groups excluding carboxylic acids is 1. The van der Waals surface area contributed by atoms with Crippen molar-refractivity contribution < 1.29 is 27.4 Å². The number of allylic oxidation sites excluding steroid dienone is 1. The minimum absolute atomic E-state index is 0.0203. The van der Waals surface area contributed by atoms with Gasteiger partial charge in [0.25, 0.3) is 0 Å². The van der Waals surface area contributed by atoms with Crippen LogP contribution in [0.5, 0.6) is 5.75 Å². The Morgan fingerprint density at radius 1 is 1.38 bits per heavy atom. The fourth-order valence-electron chi connectivity index (χ4n) is 2.91. The summed E-state index contributed by atoms with van der Waals surface area (Å²) in [5.74, 6) is -5.01. The van der Waals surface area contributed by atoms with Crippen molar-refractivity contribution in [2.24, 2.45) is 5.92 Å². The number of hydrogen-bond donors (Lipinski definition) is 0. The summed E-state index contributed by atoms with van der Waals surface area (Å²) in [7, 11) is 0. The van der Waals surface area contributed by atoms with E-state index in [2.05, 4.69) is 11.3 Å². The van der Waals surface area contributed by atoms with Gasteiger partial charge in [0.2, 0.25) is 5.43 Å². The summed E-state index contributed by atoms with van der Waals surface area (Å²) in [5.41, 5.74) is -1.34. The van der Waals surface area contributed by atoms with Crippen molar-refractivity contribution in [3.05, 3.63) is 52.6 Å². The molecule has 138 valence electrons. The number of carbonyl (C=O) groups is 1. The van der Waals surface area contributed by atoms with Gasteiger partial charge < -0.3 is 14.0 Å². The molecule has 1 aliphatic carbocycles. The average Bonchev–Trinajstić information content (AvgIpc) is 3.42. The lowest BCUT2D eigenvalue weighted by Crippen LogP contribution is -2.21. The summed E-state index contributed by atoms with van der Waals surface area (Å²) in [6, 6.07) is 0.125. The second-order valence-corrected chi connectivity index (χ2v) is 5.96. The maximum absolute atomic E-state index is 14.5. The maximum atomic E-state index is 14.5. The van der Waals surface area contributed by atoms with E-state index in [-0.39, 0.29) is 12.5 Å². The Bertz CT molecular complexity index is 950. The third-order valence-electron chi connectivity index (χ3n) is 4.24. The first kappa shape index (κ1) is 18.0. The van der Waals surface area contributed by atoms with Crippen LogP contribution in [0.1, 0.15) is 25.8 Å². The molecule has 26 heavy (non-hydrogen) atoms. The highest BCUT2D eigenvalue weighted by Crippen LogP contribution is 2.42. The van der Waals surface area contributed by atoms with E-state index >= 15 is 0 Å². The van der Waals surface area contributed by atoms with Gasteiger partial charge in [0.15, 0.2) is 23.2 Å². The van der Waals surface area contributed by atoms with Crippen LogP contribution < -0.4 is 10.2 Å². The van der Waals surface area contributed by atoms with Gasteiger partial charge in [-0.1, -0.05) is 6.08 Å². The Morgan fingerprint density at radius 2 is 2.08 bits per heavy atom. The number of halogens is 3. The predicted molar refractivity (Wildman–Crippen MR) is 87.7 cm³/mol. The largest absolute Gasteiger partial charge is 0.514 e. The highest BCUT2D eigenvalue weighted by Gasteiger charge is 2.33. The Morgan fingerprint density at radius 3 is 2.65 bits per heavy atom. The highest BCUT2D eigenvalue weighted by molar-refractivity contribution is 5.82. The third-order valence-corrected chi connectivity index (χ3v) is 4.24. The van der Waals surface area contributed by atoms with Crippen LogP contribution in [0.4, 0.5) is 18.0 Å². The third kappa shape index (κ3) is 3.07. The molecule has 1 aliphatic rings. The van der Waals surface area contributed by atoms with Gasteiger partial charge >= 0.3 is 6.16 Å². The summed E-state index contributed by atoms with van der Waals surface area (Å²) in [6.45, 7) is 5.27.